The summed E-state index contributed by atoms with van der Waals surface area (Å²) in [6.07, 6.45) is 9.67. The van der Waals surface area contributed by atoms with E-state index in [4.69, 9.17) is 16.1 Å². The number of aryl methyl sites for hydroxylation is 2. The van der Waals surface area contributed by atoms with Gasteiger partial charge in [-0.3, -0.25) is 9.48 Å². The van der Waals surface area contributed by atoms with Crippen molar-refractivity contribution in [3.05, 3.63) is 46.6 Å². The zero-order valence-electron chi connectivity index (χ0n) is 17.8. The van der Waals surface area contributed by atoms with Crippen LogP contribution in [0.15, 0.2) is 23.2 Å². The Hall–Kier alpha value is -2.68. The fraction of sp³-hybridized carbons (Fsp3) is 0.571. The number of halogens is 1. The van der Waals surface area contributed by atoms with Crippen LogP contribution in [-0.2, 0) is 13.1 Å². The first-order chi connectivity index (χ1) is 15.0. The molecular formula is C21H26ClN7O2. The third-order valence-electron chi connectivity index (χ3n) is 6.94. The average molecular weight is 444 g/mol. The van der Waals surface area contributed by atoms with E-state index in [1.54, 1.807) is 23.4 Å². The normalized spacial score (nSPS) is 20.2. The summed E-state index contributed by atoms with van der Waals surface area (Å²) in [6, 6.07) is 0. The molecule has 0 aromatic carbocycles. The molecule has 1 amide bonds. The summed E-state index contributed by atoms with van der Waals surface area (Å²) >= 11 is 5.99. The summed E-state index contributed by atoms with van der Waals surface area (Å²) in [7, 11) is 0. The van der Waals surface area contributed by atoms with Crippen LogP contribution in [0.5, 0.6) is 0 Å². The number of amides is 1. The van der Waals surface area contributed by atoms with Crippen LogP contribution >= 0.6 is 11.6 Å². The van der Waals surface area contributed by atoms with Gasteiger partial charge in [0, 0.05) is 37.3 Å². The maximum atomic E-state index is 13.6. The summed E-state index contributed by atoms with van der Waals surface area (Å²) in [5.74, 6) is 1.69. The predicted molar refractivity (Wildman–Crippen MR) is 113 cm³/mol. The Labute approximate surface area is 185 Å². The molecule has 2 fully saturated rings. The van der Waals surface area contributed by atoms with Crippen LogP contribution in [-0.4, -0.2) is 53.6 Å². The minimum Gasteiger partial charge on any atom is -0.361 e. The van der Waals surface area contributed by atoms with Crippen LogP contribution in [0.4, 0.5) is 0 Å². The molecule has 10 heteroatoms. The van der Waals surface area contributed by atoms with Crippen molar-refractivity contribution in [3.8, 4) is 0 Å². The molecule has 2 aliphatic rings. The van der Waals surface area contributed by atoms with E-state index in [0.29, 0.717) is 36.1 Å². The minimum absolute atomic E-state index is 0.0596. The molecule has 1 spiro atoms. The molecule has 3 aromatic heterocycles. The van der Waals surface area contributed by atoms with Crippen molar-refractivity contribution in [2.75, 3.05) is 13.1 Å². The Morgan fingerprint density at radius 3 is 2.87 bits per heavy atom. The van der Waals surface area contributed by atoms with Crippen LogP contribution in [0, 0.1) is 12.3 Å². The largest absolute Gasteiger partial charge is 0.361 e. The van der Waals surface area contributed by atoms with E-state index in [0.717, 1.165) is 30.8 Å². The summed E-state index contributed by atoms with van der Waals surface area (Å²) < 4.78 is 9.20. The second-order valence-electron chi connectivity index (χ2n) is 8.70. The molecule has 4 heterocycles. The smallest absolute Gasteiger partial charge is 0.276 e. The number of carbonyl (C=O) groups excluding carboxylic acids is 1. The maximum absolute atomic E-state index is 13.6. The quantitative estimate of drug-likeness (QED) is 0.600. The first-order valence-corrected chi connectivity index (χ1v) is 11.2. The molecule has 0 radical (unpaired) electrons. The highest BCUT2D eigenvalue weighted by atomic mass is 35.5. The van der Waals surface area contributed by atoms with Gasteiger partial charge in [-0.05, 0) is 32.1 Å². The number of rotatable bonds is 5. The molecule has 1 atom stereocenters. The Bertz CT molecular complexity index is 1100. The summed E-state index contributed by atoms with van der Waals surface area (Å²) in [4.78, 5) is 15.5. The monoisotopic (exact) mass is 443 g/mol. The van der Waals surface area contributed by atoms with Crippen molar-refractivity contribution < 1.29 is 9.32 Å². The molecular weight excluding hydrogens is 418 g/mol. The van der Waals surface area contributed by atoms with Crippen molar-refractivity contribution in [1.82, 2.24) is 34.6 Å². The van der Waals surface area contributed by atoms with E-state index in [-0.39, 0.29) is 17.2 Å². The van der Waals surface area contributed by atoms with Gasteiger partial charge in [0.1, 0.15) is 17.9 Å². The number of nitrogens with zero attached hydrogens (tertiary/aromatic N) is 7. The summed E-state index contributed by atoms with van der Waals surface area (Å²) in [5.41, 5.74) is 1.16. The Kier molecular flexibility index (Phi) is 5.08. The van der Waals surface area contributed by atoms with Gasteiger partial charge in [-0.25, -0.2) is 0 Å². The van der Waals surface area contributed by atoms with E-state index >= 15 is 0 Å². The molecule has 0 N–H and O–H groups in total. The van der Waals surface area contributed by atoms with E-state index in [9.17, 15) is 4.79 Å². The molecule has 3 aromatic rings. The molecule has 1 unspecified atom stereocenters. The molecule has 1 saturated heterocycles. The first-order valence-electron chi connectivity index (χ1n) is 10.8. The number of likely N-dealkylation sites (tertiary alicyclic amines) is 1. The number of carbonyl (C=O) groups is 1. The lowest BCUT2D eigenvalue weighted by Gasteiger charge is -2.29. The minimum atomic E-state index is -0.0959. The van der Waals surface area contributed by atoms with Gasteiger partial charge in [0.05, 0.1) is 17.8 Å². The second kappa shape index (κ2) is 7.78. The van der Waals surface area contributed by atoms with E-state index < -0.39 is 0 Å². The SMILES string of the molecule is CCn1cnnc1C1CN(C(=O)c2noc(C)c2Cn2cc(Cl)cn2)CC12CCCC2. The lowest BCUT2D eigenvalue weighted by atomic mass is 9.76. The van der Waals surface area contributed by atoms with Gasteiger partial charge in [-0.2, -0.15) is 5.10 Å². The molecule has 164 valence electrons. The van der Waals surface area contributed by atoms with E-state index in [2.05, 4.69) is 31.9 Å². The van der Waals surface area contributed by atoms with E-state index in [1.165, 1.54) is 12.8 Å². The molecule has 0 bridgehead atoms. The molecule has 31 heavy (non-hydrogen) atoms. The van der Waals surface area contributed by atoms with Crippen molar-refractivity contribution in [2.45, 2.75) is 58.5 Å². The first kappa shape index (κ1) is 20.2. The van der Waals surface area contributed by atoms with Crippen molar-refractivity contribution in [3.63, 3.8) is 0 Å². The highest BCUT2D eigenvalue weighted by Crippen LogP contribution is 2.53. The summed E-state index contributed by atoms with van der Waals surface area (Å²) in [6.45, 7) is 6.46. The van der Waals surface area contributed by atoms with E-state index in [1.807, 2.05) is 11.8 Å². The zero-order chi connectivity index (χ0) is 21.6. The highest BCUT2D eigenvalue weighted by Gasteiger charge is 2.52. The predicted octanol–water partition coefficient (Wildman–Crippen LogP) is 3.29. The van der Waals surface area contributed by atoms with Crippen molar-refractivity contribution in [1.29, 1.82) is 0 Å². The standard InChI is InChI=1S/C21H26ClN7O2/c1-3-27-13-23-25-19(27)17-11-28(12-21(17)6-4-5-7-21)20(30)18-16(14(2)31-26-18)10-29-9-15(22)8-24-29/h8-9,13,17H,3-7,10-12H2,1-2H3. The van der Waals surface area contributed by atoms with Crippen LogP contribution < -0.4 is 0 Å². The Morgan fingerprint density at radius 1 is 1.35 bits per heavy atom. The number of aromatic nitrogens is 6. The van der Waals surface area contributed by atoms with Gasteiger partial charge >= 0.3 is 0 Å². The van der Waals surface area contributed by atoms with Gasteiger partial charge in [-0.1, -0.05) is 29.6 Å². The van der Waals surface area contributed by atoms with Crippen molar-refractivity contribution in [2.24, 2.45) is 5.41 Å². The molecule has 1 aliphatic carbocycles. The molecule has 9 nitrogen and oxygen atoms in total. The molecule has 1 saturated carbocycles. The van der Waals surface area contributed by atoms with Gasteiger partial charge < -0.3 is 14.0 Å². The Balaban J connectivity index is 1.44. The van der Waals surface area contributed by atoms with Crippen LogP contribution in [0.2, 0.25) is 5.02 Å². The third-order valence-corrected chi connectivity index (χ3v) is 7.14. The lowest BCUT2D eigenvalue weighted by molar-refractivity contribution is 0.0761. The number of hydrogen-bond acceptors (Lipinski definition) is 6. The average Bonchev–Trinajstić information content (AvgIpc) is 3.57. The molecule has 5 rings (SSSR count). The van der Waals surface area contributed by atoms with Crippen LogP contribution in [0.3, 0.4) is 0 Å². The van der Waals surface area contributed by atoms with Gasteiger partial charge in [0.25, 0.3) is 5.91 Å². The van der Waals surface area contributed by atoms with Crippen LogP contribution in [0.25, 0.3) is 0 Å². The topological polar surface area (TPSA) is 94.9 Å². The maximum Gasteiger partial charge on any atom is 0.276 e. The second-order valence-corrected chi connectivity index (χ2v) is 9.14. The zero-order valence-corrected chi connectivity index (χ0v) is 18.5. The fourth-order valence-corrected chi connectivity index (χ4v) is 5.48. The highest BCUT2D eigenvalue weighted by molar-refractivity contribution is 6.30. The Morgan fingerprint density at radius 2 is 2.16 bits per heavy atom. The number of hydrogen-bond donors (Lipinski definition) is 0. The molecule has 1 aliphatic heterocycles. The lowest BCUT2D eigenvalue weighted by Crippen LogP contribution is -2.32. The third kappa shape index (κ3) is 3.44. The fourth-order valence-electron chi connectivity index (χ4n) is 5.32. The summed E-state index contributed by atoms with van der Waals surface area (Å²) in [5, 5.41) is 17.5. The van der Waals surface area contributed by atoms with Gasteiger partial charge in [0.2, 0.25) is 0 Å². The van der Waals surface area contributed by atoms with Gasteiger partial charge in [0.15, 0.2) is 5.69 Å². The van der Waals surface area contributed by atoms with Crippen LogP contribution in [0.1, 0.15) is 66.2 Å². The van der Waals surface area contributed by atoms with Crippen molar-refractivity contribution >= 4 is 17.5 Å². The van der Waals surface area contributed by atoms with Gasteiger partial charge in [-0.15, -0.1) is 10.2 Å².